The SMILES string of the molecule is CCCCNc1cc(C)nc(NC(C)c2ccccc2)n1. The number of nitrogens with zero attached hydrogens (tertiary/aromatic N) is 2. The maximum atomic E-state index is 4.54. The second-order valence-electron chi connectivity index (χ2n) is 5.28. The molecule has 112 valence electrons. The molecule has 0 aliphatic heterocycles. The zero-order valence-electron chi connectivity index (χ0n) is 13.1. The van der Waals surface area contributed by atoms with E-state index in [1.165, 1.54) is 12.0 Å². The lowest BCUT2D eigenvalue weighted by Gasteiger charge is -2.15. The van der Waals surface area contributed by atoms with Crippen molar-refractivity contribution in [2.75, 3.05) is 17.2 Å². The number of hydrogen-bond acceptors (Lipinski definition) is 4. The van der Waals surface area contributed by atoms with Crippen molar-refractivity contribution in [3.63, 3.8) is 0 Å². The maximum Gasteiger partial charge on any atom is 0.225 e. The predicted molar refractivity (Wildman–Crippen MR) is 88.6 cm³/mol. The van der Waals surface area contributed by atoms with Gasteiger partial charge in [0.15, 0.2) is 0 Å². The average Bonchev–Trinajstić information content (AvgIpc) is 2.48. The molecule has 0 amide bonds. The molecule has 1 unspecified atom stereocenters. The Balaban J connectivity index is 2.05. The zero-order chi connectivity index (χ0) is 15.1. The Morgan fingerprint density at radius 2 is 1.90 bits per heavy atom. The molecule has 0 aliphatic carbocycles. The lowest BCUT2D eigenvalue weighted by molar-refractivity contribution is 0.826. The van der Waals surface area contributed by atoms with Gasteiger partial charge in [0.2, 0.25) is 5.95 Å². The normalized spacial score (nSPS) is 12.0. The Hall–Kier alpha value is -2.10. The number of hydrogen-bond donors (Lipinski definition) is 2. The molecule has 0 fully saturated rings. The van der Waals surface area contributed by atoms with Gasteiger partial charge in [0.05, 0.1) is 6.04 Å². The van der Waals surface area contributed by atoms with Gasteiger partial charge in [0.1, 0.15) is 5.82 Å². The zero-order valence-corrected chi connectivity index (χ0v) is 13.1. The molecular formula is C17H24N4. The third-order valence-electron chi connectivity index (χ3n) is 3.34. The molecule has 0 radical (unpaired) electrons. The standard InChI is InChI=1S/C17H24N4/c1-4-5-11-18-16-12-13(2)19-17(21-16)20-14(3)15-9-7-6-8-10-15/h6-10,12,14H,4-5,11H2,1-3H3,(H2,18,19,20,21). The molecule has 0 aliphatic rings. The van der Waals surface area contributed by atoms with E-state index in [1.54, 1.807) is 0 Å². The van der Waals surface area contributed by atoms with Gasteiger partial charge in [0.25, 0.3) is 0 Å². The van der Waals surface area contributed by atoms with Crippen LogP contribution in [0.5, 0.6) is 0 Å². The number of anilines is 2. The molecular weight excluding hydrogens is 260 g/mol. The molecule has 1 aromatic heterocycles. The van der Waals surface area contributed by atoms with Crippen molar-refractivity contribution in [3.05, 3.63) is 47.7 Å². The summed E-state index contributed by atoms with van der Waals surface area (Å²) in [4.78, 5) is 9.00. The molecule has 0 saturated heterocycles. The van der Waals surface area contributed by atoms with E-state index in [4.69, 9.17) is 0 Å². The number of aromatic nitrogens is 2. The van der Waals surface area contributed by atoms with Crippen LogP contribution in [-0.2, 0) is 0 Å². The second kappa shape index (κ2) is 7.62. The minimum atomic E-state index is 0.177. The summed E-state index contributed by atoms with van der Waals surface area (Å²) in [5.41, 5.74) is 2.19. The minimum absolute atomic E-state index is 0.177. The van der Waals surface area contributed by atoms with E-state index in [-0.39, 0.29) is 6.04 Å². The molecule has 21 heavy (non-hydrogen) atoms. The first-order chi connectivity index (χ1) is 10.2. The summed E-state index contributed by atoms with van der Waals surface area (Å²) in [6.07, 6.45) is 2.32. The fourth-order valence-corrected chi connectivity index (χ4v) is 2.14. The number of rotatable bonds is 7. The Morgan fingerprint density at radius 1 is 1.14 bits per heavy atom. The highest BCUT2D eigenvalue weighted by Gasteiger charge is 2.08. The molecule has 0 spiro atoms. The van der Waals surface area contributed by atoms with Crippen LogP contribution in [-0.4, -0.2) is 16.5 Å². The van der Waals surface area contributed by atoms with Crippen molar-refractivity contribution in [2.45, 2.75) is 39.7 Å². The summed E-state index contributed by atoms with van der Waals surface area (Å²) in [5.74, 6) is 1.56. The maximum absolute atomic E-state index is 4.54. The number of benzene rings is 1. The largest absolute Gasteiger partial charge is 0.370 e. The first-order valence-electron chi connectivity index (χ1n) is 7.60. The highest BCUT2D eigenvalue weighted by Crippen LogP contribution is 2.18. The molecule has 1 atom stereocenters. The molecule has 1 aromatic carbocycles. The predicted octanol–water partition coefficient (Wildman–Crippen LogP) is 4.17. The van der Waals surface area contributed by atoms with Gasteiger partial charge in [0, 0.05) is 18.3 Å². The van der Waals surface area contributed by atoms with Crippen molar-refractivity contribution in [1.29, 1.82) is 0 Å². The van der Waals surface area contributed by atoms with E-state index in [2.05, 4.69) is 46.6 Å². The summed E-state index contributed by atoms with van der Waals surface area (Å²) >= 11 is 0. The lowest BCUT2D eigenvalue weighted by atomic mass is 10.1. The fourth-order valence-electron chi connectivity index (χ4n) is 2.14. The summed E-state index contributed by atoms with van der Waals surface area (Å²) in [5, 5.41) is 6.72. The van der Waals surface area contributed by atoms with Crippen LogP contribution in [0.25, 0.3) is 0 Å². The van der Waals surface area contributed by atoms with Gasteiger partial charge in [-0.25, -0.2) is 4.98 Å². The average molecular weight is 284 g/mol. The Bertz CT molecular complexity index is 554. The van der Waals surface area contributed by atoms with E-state index >= 15 is 0 Å². The van der Waals surface area contributed by atoms with Gasteiger partial charge in [-0.15, -0.1) is 0 Å². The van der Waals surface area contributed by atoms with Crippen molar-refractivity contribution < 1.29 is 0 Å². The van der Waals surface area contributed by atoms with E-state index in [1.807, 2.05) is 31.2 Å². The van der Waals surface area contributed by atoms with Crippen LogP contribution in [0.4, 0.5) is 11.8 Å². The van der Waals surface area contributed by atoms with Crippen LogP contribution in [0.1, 0.15) is 44.0 Å². The highest BCUT2D eigenvalue weighted by molar-refractivity contribution is 5.43. The van der Waals surface area contributed by atoms with Crippen molar-refractivity contribution in [2.24, 2.45) is 0 Å². The Kier molecular flexibility index (Phi) is 5.55. The Morgan fingerprint density at radius 3 is 2.62 bits per heavy atom. The van der Waals surface area contributed by atoms with E-state index in [0.29, 0.717) is 5.95 Å². The van der Waals surface area contributed by atoms with Gasteiger partial charge in [-0.05, 0) is 25.8 Å². The Labute approximate surface area is 127 Å². The van der Waals surface area contributed by atoms with Gasteiger partial charge in [-0.1, -0.05) is 43.7 Å². The third-order valence-corrected chi connectivity index (χ3v) is 3.34. The molecule has 2 rings (SSSR count). The first kappa shape index (κ1) is 15.3. The van der Waals surface area contributed by atoms with Crippen LogP contribution in [0.15, 0.2) is 36.4 Å². The number of aryl methyl sites for hydroxylation is 1. The monoisotopic (exact) mass is 284 g/mol. The van der Waals surface area contributed by atoms with Crippen molar-refractivity contribution in [1.82, 2.24) is 9.97 Å². The van der Waals surface area contributed by atoms with Crippen LogP contribution >= 0.6 is 0 Å². The lowest BCUT2D eigenvalue weighted by Crippen LogP contribution is -2.12. The number of nitrogens with one attached hydrogen (secondary N) is 2. The van der Waals surface area contributed by atoms with E-state index in [9.17, 15) is 0 Å². The topological polar surface area (TPSA) is 49.8 Å². The fraction of sp³-hybridized carbons (Fsp3) is 0.412. The molecule has 4 nitrogen and oxygen atoms in total. The molecule has 4 heteroatoms. The van der Waals surface area contributed by atoms with Crippen LogP contribution in [0.3, 0.4) is 0 Å². The smallest absolute Gasteiger partial charge is 0.225 e. The molecule has 2 N–H and O–H groups in total. The van der Waals surface area contributed by atoms with E-state index in [0.717, 1.165) is 24.5 Å². The van der Waals surface area contributed by atoms with Crippen LogP contribution < -0.4 is 10.6 Å². The highest BCUT2D eigenvalue weighted by atomic mass is 15.2. The van der Waals surface area contributed by atoms with Gasteiger partial charge in [-0.2, -0.15) is 4.98 Å². The third kappa shape index (κ3) is 4.74. The van der Waals surface area contributed by atoms with Gasteiger partial charge in [-0.3, -0.25) is 0 Å². The van der Waals surface area contributed by atoms with Gasteiger partial charge < -0.3 is 10.6 Å². The van der Waals surface area contributed by atoms with Crippen molar-refractivity contribution in [3.8, 4) is 0 Å². The van der Waals surface area contributed by atoms with Crippen molar-refractivity contribution >= 4 is 11.8 Å². The summed E-state index contributed by atoms with van der Waals surface area (Å²) in [7, 11) is 0. The molecule has 0 bridgehead atoms. The molecule has 2 aromatic rings. The molecule has 1 heterocycles. The second-order valence-corrected chi connectivity index (χ2v) is 5.28. The summed E-state index contributed by atoms with van der Waals surface area (Å²) < 4.78 is 0. The van der Waals surface area contributed by atoms with Gasteiger partial charge >= 0.3 is 0 Å². The van der Waals surface area contributed by atoms with E-state index < -0.39 is 0 Å². The molecule has 0 saturated carbocycles. The summed E-state index contributed by atoms with van der Waals surface area (Å²) in [6.45, 7) is 7.23. The minimum Gasteiger partial charge on any atom is -0.370 e. The first-order valence-corrected chi connectivity index (χ1v) is 7.60. The van der Waals surface area contributed by atoms with Crippen LogP contribution in [0.2, 0.25) is 0 Å². The van der Waals surface area contributed by atoms with Crippen LogP contribution in [0, 0.1) is 6.92 Å². The summed E-state index contributed by atoms with van der Waals surface area (Å²) in [6, 6.07) is 12.5. The quantitative estimate of drug-likeness (QED) is 0.749. The number of unbranched alkanes of at least 4 members (excludes halogenated alkanes) is 1.